The predicted octanol–water partition coefficient (Wildman–Crippen LogP) is 5.49. The molecule has 1 aromatic heterocycles. The van der Waals surface area contributed by atoms with E-state index < -0.39 is 10.0 Å². The van der Waals surface area contributed by atoms with Crippen molar-refractivity contribution in [3.8, 4) is 11.3 Å². The number of rotatable bonds is 5. The van der Waals surface area contributed by atoms with Crippen LogP contribution in [0, 0.1) is 0 Å². The summed E-state index contributed by atoms with van der Waals surface area (Å²) >= 11 is 3.23. The van der Waals surface area contributed by atoms with Crippen LogP contribution in [0.3, 0.4) is 0 Å². The Kier molecular flexibility index (Phi) is 5.69. The first-order valence-corrected chi connectivity index (χ1v) is 13.3. The zero-order chi connectivity index (χ0) is 23.0. The molecule has 2 heterocycles. The summed E-state index contributed by atoms with van der Waals surface area (Å²) in [6.45, 7) is 0. The lowest BCUT2D eigenvalue weighted by molar-refractivity contribution is 0.102. The second kappa shape index (κ2) is 8.66. The number of amides is 1. The quantitative estimate of drug-likeness (QED) is 0.398. The molecule has 33 heavy (non-hydrogen) atoms. The third-order valence-electron chi connectivity index (χ3n) is 5.31. The molecular weight excluding hydrogens is 474 g/mol. The molecule has 3 aromatic carbocycles. The fourth-order valence-electron chi connectivity index (χ4n) is 3.53. The van der Waals surface area contributed by atoms with Crippen molar-refractivity contribution in [2.45, 2.75) is 15.5 Å². The van der Waals surface area contributed by atoms with Crippen molar-refractivity contribution in [3.63, 3.8) is 0 Å². The maximum absolute atomic E-state index is 12.9. The largest absolute Gasteiger partial charge is 0.298 e. The molecule has 0 saturated carbocycles. The van der Waals surface area contributed by atoms with Crippen LogP contribution in [0.25, 0.3) is 11.3 Å². The van der Waals surface area contributed by atoms with Gasteiger partial charge < -0.3 is 0 Å². The topological polar surface area (TPSA) is 79.4 Å². The second-order valence-corrected chi connectivity index (χ2v) is 11.4. The Morgan fingerprint density at radius 1 is 0.970 bits per heavy atom. The van der Waals surface area contributed by atoms with Gasteiger partial charge in [0.15, 0.2) is 5.13 Å². The smallest absolute Gasteiger partial charge is 0.264 e. The average molecular weight is 494 g/mol. The summed E-state index contributed by atoms with van der Waals surface area (Å²) in [7, 11) is -2.23. The number of thiazole rings is 1. The number of sulfonamides is 1. The monoisotopic (exact) mass is 493 g/mol. The molecule has 9 heteroatoms. The molecule has 0 spiro atoms. The Hall–Kier alpha value is -3.14. The van der Waals surface area contributed by atoms with Crippen LogP contribution in [0.1, 0.15) is 15.2 Å². The molecule has 0 saturated heterocycles. The van der Waals surface area contributed by atoms with Crippen LogP contribution in [0.15, 0.2) is 88.7 Å². The van der Waals surface area contributed by atoms with Crippen LogP contribution in [-0.4, -0.2) is 26.4 Å². The third-order valence-corrected chi connectivity index (χ3v) is 9.37. The van der Waals surface area contributed by atoms with Crippen molar-refractivity contribution in [3.05, 3.63) is 89.3 Å². The Balaban J connectivity index is 1.34. The minimum atomic E-state index is -3.73. The number of hydrogen-bond acceptors (Lipinski definition) is 6. The molecule has 0 aliphatic carbocycles. The van der Waals surface area contributed by atoms with Gasteiger partial charge in [-0.1, -0.05) is 36.4 Å². The molecule has 4 aromatic rings. The Bertz CT molecular complexity index is 1430. The van der Waals surface area contributed by atoms with E-state index in [9.17, 15) is 13.2 Å². The summed E-state index contributed by atoms with van der Waals surface area (Å²) in [5, 5.41) is 3.38. The number of nitrogens with one attached hydrogen (secondary N) is 1. The Morgan fingerprint density at radius 2 is 1.67 bits per heavy atom. The van der Waals surface area contributed by atoms with E-state index in [1.807, 2.05) is 24.3 Å². The SMILES string of the molecule is CN(c1ccccc1)S(=O)(=O)c1ccc(C(=O)Nc2nc3c(s2)CSc2ccccc2-3)cc1. The van der Waals surface area contributed by atoms with Crippen molar-refractivity contribution in [1.29, 1.82) is 0 Å². The molecule has 1 aliphatic rings. The van der Waals surface area contributed by atoms with E-state index in [2.05, 4.69) is 16.4 Å². The fourth-order valence-corrected chi connectivity index (χ4v) is 6.82. The lowest BCUT2D eigenvalue weighted by Crippen LogP contribution is -2.26. The molecule has 0 unspecified atom stereocenters. The van der Waals surface area contributed by atoms with E-state index in [1.165, 1.54) is 51.9 Å². The highest BCUT2D eigenvalue weighted by molar-refractivity contribution is 7.98. The van der Waals surface area contributed by atoms with Gasteiger partial charge in [-0.05, 0) is 42.5 Å². The van der Waals surface area contributed by atoms with Crippen molar-refractivity contribution < 1.29 is 13.2 Å². The molecule has 1 amide bonds. The van der Waals surface area contributed by atoms with Gasteiger partial charge in [-0.25, -0.2) is 13.4 Å². The normalized spacial score (nSPS) is 12.5. The van der Waals surface area contributed by atoms with Gasteiger partial charge in [0.25, 0.3) is 15.9 Å². The number of carbonyl (C=O) groups is 1. The third kappa shape index (κ3) is 4.15. The van der Waals surface area contributed by atoms with E-state index in [-0.39, 0.29) is 10.8 Å². The van der Waals surface area contributed by atoms with Gasteiger partial charge in [-0.15, -0.1) is 23.1 Å². The number of thioether (sulfide) groups is 1. The zero-order valence-corrected chi connectivity index (χ0v) is 20.0. The average Bonchev–Trinajstić information content (AvgIpc) is 3.27. The van der Waals surface area contributed by atoms with Crippen LogP contribution in [0.5, 0.6) is 0 Å². The van der Waals surface area contributed by atoms with Crippen LogP contribution in [0.4, 0.5) is 10.8 Å². The van der Waals surface area contributed by atoms with Crippen molar-refractivity contribution >= 4 is 49.8 Å². The summed E-state index contributed by atoms with van der Waals surface area (Å²) in [5.41, 5.74) is 2.92. The van der Waals surface area contributed by atoms with E-state index in [1.54, 1.807) is 36.0 Å². The number of carbonyl (C=O) groups excluding carboxylic acids is 1. The fraction of sp³-hybridized carbons (Fsp3) is 0.0833. The second-order valence-electron chi connectivity index (χ2n) is 7.36. The van der Waals surface area contributed by atoms with Crippen LogP contribution < -0.4 is 9.62 Å². The maximum atomic E-state index is 12.9. The van der Waals surface area contributed by atoms with Crippen molar-refractivity contribution in [2.75, 3.05) is 16.7 Å². The van der Waals surface area contributed by atoms with Crippen LogP contribution in [-0.2, 0) is 15.8 Å². The number of hydrogen-bond donors (Lipinski definition) is 1. The first-order chi connectivity index (χ1) is 15.9. The molecule has 0 atom stereocenters. The highest BCUT2D eigenvalue weighted by Crippen LogP contribution is 2.44. The van der Waals surface area contributed by atoms with Gasteiger partial charge >= 0.3 is 0 Å². The lowest BCUT2D eigenvalue weighted by atomic mass is 10.1. The number of para-hydroxylation sites is 1. The highest BCUT2D eigenvalue weighted by Gasteiger charge is 2.23. The maximum Gasteiger partial charge on any atom is 0.264 e. The summed E-state index contributed by atoms with van der Waals surface area (Å²) < 4.78 is 27.1. The van der Waals surface area contributed by atoms with Gasteiger partial charge in [0, 0.05) is 33.7 Å². The van der Waals surface area contributed by atoms with Crippen molar-refractivity contribution in [2.24, 2.45) is 0 Å². The van der Waals surface area contributed by atoms with Gasteiger partial charge in [-0.2, -0.15) is 0 Å². The van der Waals surface area contributed by atoms with E-state index in [0.29, 0.717) is 16.4 Å². The first-order valence-electron chi connectivity index (χ1n) is 10.1. The summed E-state index contributed by atoms with van der Waals surface area (Å²) in [6.07, 6.45) is 0. The van der Waals surface area contributed by atoms with Crippen LogP contribution >= 0.6 is 23.1 Å². The molecule has 0 radical (unpaired) electrons. The molecule has 0 fully saturated rings. The molecule has 5 rings (SSSR count). The standard InChI is InChI=1S/C24H19N3O3S3/c1-27(17-7-3-2-4-8-17)33(29,30)18-13-11-16(12-14-18)23(28)26-24-25-22-19-9-5-6-10-20(19)31-15-21(22)32-24/h2-14H,15H2,1H3,(H,25,26,28). The summed E-state index contributed by atoms with van der Waals surface area (Å²) in [4.78, 5) is 19.8. The molecule has 0 bridgehead atoms. The van der Waals surface area contributed by atoms with E-state index >= 15 is 0 Å². The van der Waals surface area contributed by atoms with Gasteiger partial charge in [-0.3, -0.25) is 14.4 Å². The van der Waals surface area contributed by atoms with Gasteiger partial charge in [0.05, 0.1) is 16.3 Å². The number of benzene rings is 3. The summed E-state index contributed by atoms with van der Waals surface area (Å²) in [5.74, 6) is 0.490. The highest BCUT2D eigenvalue weighted by atomic mass is 32.2. The molecule has 6 nitrogen and oxygen atoms in total. The van der Waals surface area contributed by atoms with Crippen LogP contribution in [0.2, 0.25) is 0 Å². The zero-order valence-electron chi connectivity index (χ0n) is 17.6. The number of aromatic nitrogens is 1. The Labute approximate surface area is 200 Å². The number of anilines is 2. The van der Waals surface area contributed by atoms with Gasteiger partial charge in [0.1, 0.15) is 0 Å². The molecular formula is C24H19N3O3S3. The minimum Gasteiger partial charge on any atom is -0.298 e. The van der Waals surface area contributed by atoms with Gasteiger partial charge in [0.2, 0.25) is 0 Å². The Morgan fingerprint density at radius 3 is 2.42 bits per heavy atom. The molecule has 166 valence electrons. The molecule has 1 aliphatic heterocycles. The predicted molar refractivity (Wildman–Crippen MR) is 134 cm³/mol. The first kappa shape index (κ1) is 21.7. The van der Waals surface area contributed by atoms with Crippen molar-refractivity contribution in [1.82, 2.24) is 4.98 Å². The summed E-state index contributed by atoms with van der Waals surface area (Å²) in [6, 6.07) is 22.9. The number of fused-ring (bicyclic) bond motifs is 3. The number of nitrogens with zero attached hydrogens (tertiary/aromatic N) is 2. The van der Waals surface area contributed by atoms with E-state index in [4.69, 9.17) is 0 Å². The minimum absolute atomic E-state index is 0.115. The lowest BCUT2D eigenvalue weighted by Gasteiger charge is -2.19. The molecule has 1 N–H and O–H groups in total. The van der Waals surface area contributed by atoms with E-state index in [0.717, 1.165) is 21.9 Å².